The highest BCUT2D eigenvalue weighted by molar-refractivity contribution is 6.05. The van der Waals surface area contributed by atoms with Crippen LogP contribution in [0.4, 0.5) is 5.69 Å². The van der Waals surface area contributed by atoms with Crippen LogP contribution in [0.5, 0.6) is 0 Å². The summed E-state index contributed by atoms with van der Waals surface area (Å²) in [5.74, 6) is -0.227. The summed E-state index contributed by atoms with van der Waals surface area (Å²) in [6, 6.07) is 11.1. The van der Waals surface area contributed by atoms with Crippen molar-refractivity contribution in [3.8, 4) is 0 Å². The second-order valence-electron chi connectivity index (χ2n) is 7.23. The summed E-state index contributed by atoms with van der Waals surface area (Å²) >= 11 is 0. The molecule has 1 amide bonds. The molecule has 3 aromatic rings. The van der Waals surface area contributed by atoms with E-state index in [0.29, 0.717) is 17.9 Å². The fourth-order valence-electron chi connectivity index (χ4n) is 2.77. The van der Waals surface area contributed by atoms with Gasteiger partial charge in [0.25, 0.3) is 11.5 Å². The third kappa shape index (κ3) is 3.50. The van der Waals surface area contributed by atoms with Gasteiger partial charge in [0.1, 0.15) is 5.69 Å². The molecule has 130 valence electrons. The molecule has 0 saturated carbocycles. The van der Waals surface area contributed by atoms with E-state index in [-0.39, 0.29) is 16.9 Å². The van der Waals surface area contributed by atoms with Gasteiger partial charge in [-0.15, -0.1) is 0 Å². The zero-order chi connectivity index (χ0) is 18.2. The molecule has 0 fully saturated rings. The van der Waals surface area contributed by atoms with Crippen LogP contribution < -0.4 is 10.9 Å². The minimum atomic E-state index is -0.227. The van der Waals surface area contributed by atoms with E-state index >= 15 is 0 Å². The van der Waals surface area contributed by atoms with Gasteiger partial charge in [-0.25, -0.2) is 0 Å². The lowest BCUT2D eigenvalue weighted by Gasteiger charge is -2.18. The van der Waals surface area contributed by atoms with Crippen molar-refractivity contribution in [2.24, 2.45) is 0 Å². The van der Waals surface area contributed by atoms with Gasteiger partial charge in [0, 0.05) is 29.7 Å². The molecule has 3 rings (SSSR count). The summed E-state index contributed by atoms with van der Waals surface area (Å²) in [6.45, 7) is 8.93. The average molecular weight is 337 g/mol. The molecule has 0 aliphatic rings. The standard InChI is InChI=1S/C20H23N3O2/c1-5-23-12-15(8-9-18(23)24)21-19(25)17-10-13-6-7-14(20(2,3)4)11-16(13)22-17/h6-12,22H,5H2,1-4H3,(H,21,25). The molecule has 2 heterocycles. The Hall–Kier alpha value is -2.82. The number of amides is 1. The Bertz CT molecular complexity index is 990. The van der Waals surface area contributed by atoms with Gasteiger partial charge in [-0.05, 0) is 36.1 Å². The Labute approximate surface area is 146 Å². The van der Waals surface area contributed by atoms with Gasteiger partial charge < -0.3 is 14.9 Å². The lowest BCUT2D eigenvalue weighted by atomic mass is 9.87. The zero-order valence-corrected chi connectivity index (χ0v) is 15.0. The number of fused-ring (bicyclic) bond motifs is 1. The number of hydrogen-bond acceptors (Lipinski definition) is 2. The van der Waals surface area contributed by atoms with Crippen LogP contribution in [-0.4, -0.2) is 15.5 Å². The Morgan fingerprint density at radius 1 is 1.16 bits per heavy atom. The number of rotatable bonds is 3. The minimum Gasteiger partial charge on any atom is -0.351 e. The molecular formula is C20H23N3O2. The van der Waals surface area contributed by atoms with E-state index in [9.17, 15) is 9.59 Å². The average Bonchev–Trinajstić information content (AvgIpc) is 2.99. The molecule has 25 heavy (non-hydrogen) atoms. The van der Waals surface area contributed by atoms with Crippen molar-refractivity contribution < 1.29 is 4.79 Å². The van der Waals surface area contributed by atoms with Gasteiger partial charge in [-0.1, -0.05) is 32.9 Å². The Balaban J connectivity index is 1.88. The Morgan fingerprint density at radius 3 is 2.60 bits per heavy atom. The molecule has 0 spiro atoms. The van der Waals surface area contributed by atoms with E-state index < -0.39 is 0 Å². The number of benzene rings is 1. The van der Waals surface area contributed by atoms with Gasteiger partial charge in [-0.2, -0.15) is 0 Å². The van der Waals surface area contributed by atoms with Crippen molar-refractivity contribution >= 4 is 22.5 Å². The maximum Gasteiger partial charge on any atom is 0.272 e. The van der Waals surface area contributed by atoms with Crippen molar-refractivity contribution in [3.05, 3.63) is 64.2 Å². The summed E-state index contributed by atoms with van der Waals surface area (Å²) in [7, 11) is 0. The lowest BCUT2D eigenvalue weighted by Crippen LogP contribution is -2.19. The van der Waals surface area contributed by atoms with Crippen LogP contribution >= 0.6 is 0 Å². The van der Waals surface area contributed by atoms with Crippen LogP contribution in [-0.2, 0) is 12.0 Å². The number of aryl methyl sites for hydroxylation is 1. The second-order valence-corrected chi connectivity index (χ2v) is 7.23. The first-order valence-electron chi connectivity index (χ1n) is 8.43. The first kappa shape index (κ1) is 17.0. The van der Waals surface area contributed by atoms with E-state index in [2.05, 4.69) is 43.2 Å². The third-order valence-corrected chi connectivity index (χ3v) is 4.32. The van der Waals surface area contributed by atoms with Gasteiger partial charge >= 0.3 is 0 Å². The topological polar surface area (TPSA) is 66.9 Å². The lowest BCUT2D eigenvalue weighted by molar-refractivity contribution is 0.102. The number of H-pyrrole nitrogens is 1. The molecule has 0 unspecified atom stereocenters. The normalized spacial score (nSPS) is 11.7. The van der Waals surface area contributed by atoms with Crippen LogP contribution in [0, 0.1) is 0 Å². The number of carbonyl (C=O) groups is 1. The van der Waals surface area contributed by atoms with Gasteiger partial charge in [0.2, 0.25) is 0 Å². The SMILES string of the molecule is CCn1cc(NC(=O)c2cc3ccc(C(C)(C)C)cc3[nH]2)ccc1=O. The van der Waals surface area contributed by atoms with Crippen LogP contribution in [0.25, 0.3) is 10.9 Å². The predicted molar refractivity (Wildman–Crippen MR) is 101 cm³/mol. The summed E-state index contributed by atoms with van der Waals surface area (Å²) in [5, 5.41) is 3.83. The Morgan fingerprint density at radius 2 is 1.92 bits per heavy atom. The maximum absolute atomic E-state index is 12.5. The van der Waals surface area contributed by atoms with Crippen LogP contribution in [0.3, 0.4) is 0 Å². The predicted octanol–water partition coefficient (Wildman–Crippen LogP) is 3.90. The third-order valence-electron chi connectivity index (χ3n) is 4.32. The summed E-state index contributed by atoms with van der Waals surface area (Å²) < 4.78 is 1.55. The fraction of sp³-hybridized carbons (Fsp3) is 0.300. The van der Waals surface area contributed by atoms with Crippen LogP contribution in [0.1, 0.15) is 43.7 Å². The number of aromatic nitrogens is 2. The number of nitrogens with one attached hydrogen (secondary N) is 2. The molecule has 0 aliphatic heterocycles. The van der Waals surface area contributed by atoms with Gasteiger partial charge in [-0.3, -0.25) is 9.59 Å². The van der Waals surface area contributed by atoms with Crippen LogP contribution in [0.2, 0.25) is 0 Å². The number of hydrogen-bond donors (Lipinski definition) is 2. The second kappa shape index (κ2) is 6.24. The summed E-state index contributed by atoms with van der Waals surface area (Å²) in [5.41, 5.74) is 3.21. The van der Waals surface area contributed by atoms with Crippen molar-refractivity contribution in [2.45, 2.75) is 39.7 Å². The van der Waals surface area contributed by atoms with Crippen molar-refractivity contribution in [1.29, 1.82) is 0 Å². The molecule has 1 aromatic carbocycles. The Kier molecular flexibility index (Phi) is 4.25. The molecule has 5 heteroatoms. The molecular weight excluding hydrogens is 314 g/mol. The minimum absolute atomic E-state index is 0.0512. The largest absolute Gasteiger partial charge is 0.351 e. The summed E-state index contributed by atoms with van der Waals surface area (Å²) in [6.07, 6.45) is 1.65. The van der Waals surface area contributed by atoms with E-state index in [0.717, 1.165) is 10.9 Å². The first-order chi connectivity index (χ1) is 11.8. The molecule has 0 saturated heterocycles. The number of pyridine rings is 1. The number of carbonyl (C=O) groups excluding carboxylic acids is 1. The number of aromatic amines is 1. The zero-order valence-electron chi connectivity index (χ0n) is 15.0. The smallest absolute Gasteiger partial charge is 0.272 e. The molecule has 0 aliphatic carbocycles. The van der Waals surface area contributed by atoms with E-state index in [1.54, 1.807) is 16.8 Å². The molecule has 2 N–H and O–H groups in total. The summed E-state index contributed by atoms with van der Waals surface area (Å²) in [4.78, 5) is 27.3. The van der Waals surface area contributed by atoms with E-state index in [1.807, 2.05) is 19.1 Å². The molecule has 0 bridgehead atoms. The number of nitrogens with zero attached hydrogens (tertiary/aromatic N) is 1. The highest BCUT2D eigenvalue weighted by Gasteiger charge is 2.16. The molecule has 0 radical (unpaired) electrons. The quantitative estimate of drug-likeness (QED) is 0.761. The van der Waals surface area contributed by atoms with Crippen molar-refractivity contribution in [2.75, 3.05) is 5.32 Å². The van der Waals surface area contributed by atoms with Crippen LogP contribution in [0.15, 0.2) is 47.4 Å². The fourth-order valence-corrected chi connectivity index (χ4v) is 2.77. The monoisotopic (exact) mass is 337 g/mol. The molecule has 2 aromatic heterocycles. The molecule has 5 nitrogen and oxygen atoms in total. The van der Waals surface area contributed by atoms with Crippen molar-refractivity contribution in [1.82, 2.24) is 9.55 Å². The van der Waals surface area contributed by atoms with Gasteiger partial charge in [0.05, 0.1) is 5.69 Å². The van der Waals surface area contributed by atoms with E-state index in [1.165, 1.54) is 11.6 Å². The van der Waals surface area contributed by atoms with E-state index in [4.69, 9.17) is 0 Å². The first-order valence-corrected chi connectivity index (χ1v) is 8.43. The number of anilines is 1. The highest BCUT2D eigenvalue weighted by atomic mass is 16.2. The van der Waals surface area contributed by atoms with Gasteiger partial charge in [0.15, 0.2) is 0 Å². The molecule has 0 atom stereocenters. The maximum atomic E-state index is 12.5. The highest BCUT2D eigenvalue weighted by Crippen LogP contribution is 2.26. The van der Waals surface area contributed by atoms with Crippen molar-refractivity contribution in [3.63, 3.8) is 0 Å².